The first kappa shape index (κ1) is 26.7. The van der Waals surface area contributed by atoms with E-state index in [1.165, 1.54) is 36.1 Å². The Bertz CT molecular complexity index is 1670. The molecule has 0 aliphatic heterocycles. The summed E-state index contributed by atoms with van der Waals surface area (Å²) in [5.41, 5.74) is 4.32. The summed E-state index contributed by atoms with van der Waals surface area (Å²) in [5, 5.41) is 10.2. The smallest absolute Gasteiger partial charge is 0.148 e. The van der Waals surface area contributed by atoms with Crippen molar-refractivity contribution in [1.82, 2.24) is 20.3 Å². The van der Waals surface area contributed by atoms with Gasteiger partial charge in [-0.25, -0.2) is 27.8 Å². The molecule has 0 atom stereocenters. The molecule has 0 saturated heterocycles. The molecule has 0 radical (unpaired) electrons. The van der Waals surface area contributed by atoms with Gasteiger partial charge in [0.15, 0.2) is 0 Å². The highest BCUT2D eigenvalue weighted by molar-refractivity contribution is 7.90. The first-order valence-electron chi connectivity index (χ1n) is 12.1. The van der Waals surface area contributed by atoms with Gasteiger partial charge in [-0.2, -0.15) is 0 Å². The second-order valence-electron chi connectivity index (χ2n) is 8.97. The minimum atomic E-state index is -3.00. The molecule has 2 aromatic heterocycles. The third-order valence-electron chi connectivity index (χ3n) is 5.83. The minimum Gasteiger partial charge on any atom is -0.489 e. The first-order chi connectivity index (χ1) is 18.8. The van der Waals surface area contributed by atoms with Crippen LogP contribution in [0.5, 0.6) is 5.75 Å². The number of hydrogen-bond donors (Lipinski definition) is 2. The molecule has 0 aliphatic rings. The zero-order valence-electron chi connectivity index (χ0n) is 21.1. The normalized spacial score (nSPS) is 11.5. The molecule has 200 valence electrons. The fourth-order valence-corrected chi connectivity index (χ4v) is 5.13. The van der Waals surface area contributed by atoms with Crippen molar-refractivity contribution >= 4 is 43.6 Å². The summed E-state index contributed by atoms with van der Waals surface area (Å²) < 4.78 is 41.5. The van der Waals surface area contributed by atoms with Crippen molar-refractivity contribution in [2.45, 2.75) is 13.2 Å². The van der Waals surface area contributed by atoms with Crippen LogP contribution in [0.3, 0.4) is 0 Å². The summed E-state index contributed by atoms with van der Waals surface area (Å²) in [7, 11) is -3.00. The van der Waals surface area contributed by atoms with Crippen molar-refractivity contribution in [3.8, 4) is 16.3 Å². The van der Waals surface area contributed by atoms with Crippen LogP contribution in [0.1, 0.15) is 11.3 Å². The summed E-state index contributed by atoms with van der Waals surface area (Å²) in [6.07, 6.45) is 2.75. The maximum atomic E-state index is 13.1. The SMILES string of the molecule is CS(=O)(=O)CCNCc1csc(-c2ccc3ncnc(Nc4ccc(OCc5ccc(F)cc5)cc4)c3c2)n1. The van der Waals surface area contributed by atoms with Crippen molar-refractivity contribution in [2.24, 2.45) is 0 Å². The predicted molar refractivity (Wildman–Crippen MR) is 153 cm³/mol. The van der Waals surface area contributed by atoms with E-state index in [9.17, 15) is 12.8 Å². The Morgan fingerprint density at radius 1 is 1.00 bits per heavy atom. The third kappa shape index (κ3) is 7.34. The number of fused-ring (bicyclic) bond motifs is 1. The van der Waals surface area contributed by atoms with E-state index in [1.807, 2.05) is 47.8 Å². The largest absolute Gasteiger partial charge is 0.489 e. The zero-order chi connectivity index (χ0) is 27.2. The molecular formula is C28H26FN5O3S2. The fraction of sp³-hybridized carbons (Fsp3) is 0.179. The lowest BCUT2D eigenvalue weighted by Gasteiger charge is -2.11. The van der Waals surface area contributed by atoms with Gasteiger partial charge in [-0.1, -0.05) is 12.1 Å². The molecule has 2 heterocycles. The van der Waals surface area contributed by atoms with Gasteiger partial charge in [-0.05, 0) is 60.2 Å². The fourth-order valence-electron chi connectivity index (χ4n) is 3.80. The van der Waals surface area contributed by atoms with Crippen LogP contribution in [0.2, 0.25) is 0 Å². The maximum Gasteiger partial charge on any atom is 0.148 e. The Morgan fingerprint density at radius 3 is 2.56 bits per heavy atom. The molecule has 0 bridgehead atoms. The van der Waals surface area contributed by atoms with E-state index in [0.29, 0.717) is 31.3 Å². The van der Waals surface area contributed by atoms with Crippen molar-refractivity contribution in [2.75, 3.05) is 23.9 Å². The van der Waals surface area contributed by atoms with Gasteiger partial charge < -0.3 is 15.4 Å². The number of sulfone groups is 1. The van der Waals surface area contributed by atoms with Gasteiger partial charge in [-0.15, -0.1) is 11.3 Å². The number of thiazole rings is 1. The summed E-state index contributed by atoms with van der Waals surface area (Å²) in [5.74, 6) is 1.19. The van der Waals surface area contributed by atoms with Gasteiger partial charge in [0, 0.05) is 41.4 Å². The van der Waals surface area contributed by atoms with E-state index in [1.54, 1.807) is 12.1 Å². The molecule has 0 saturated carbocycles. The second kappa shape index (κ2) is 11.9. The zero-order valence-corrected chi connectivity index (χ0v) is 22.7. The number of aromatic nitrogens is 3. The maximum absolute atomic E-state index is 13.1. The molecule has 0 spiro atoms. The van der Waals surface area contributed by atoms with Crippen molar-refractivity contribution in [3.05, 3.63) is 95.5 Å². The van der Waals surface area contributed by atoms with E-state index in [-0.39, 0.29) is 11.6 Å². The molecule has 0 unspecified atom stereocenters. The molecule has 5 aromatic rings. The molecule has 8 nitrogen and oxygen atoms in total. The van der Waals surface area contributed by atoms with Crippen LogP contribution in [0, 0.1) is 5.82 Å². The molecule has 0 fully saturated rings. The Labute approximate surface area is 229 Å². The number of hydrogen-bond acceptors (Lipinski definition) is 9. The Kier molecular flexibility index (Phi) is 8.10. The van der Waals surface area contributed by atoms with Gasteiger partial charge in [0.25, 0.3) is 0 Å². The van der Waals surface area contributed by atoms with Crippen LogP contribution in [0.25, 0.3) is 21.5 Å². The topological polar surface area (TPSA) is 106 Å². The molecule has 0 aliphatic carbocycles. The summed E-state index contributed by atoms with van der Waals surface area (Å²) in [6.45, 7) is 1.23. The van der Waals surface area contributed by atoms with Crippen LogP contribution in [-0.2, 0) is 23.0 Å². The van der Waals surface area contributed by atoms with Crippen LogP contribution < -0.4 is 15.4 Å². The van der Waals surface area contributed by atoms with E-state index in [2.05, 4.69) is 20.6 Å². The van der Waals surface area contributed by atoms with Crippen LogP contribution >= 0.6 is 11.3 Å². The van der Waals surface area contributed by atoms with E-state index < -0.39 is 9.84 Å². The number of anilines is 2. The first-order valence-corrected chi connectivity index (χ1v) is 15.1. The summed E-state index contributed by atoms with van der Waals surface area (Å²) in [4.78, 5) is 13.6. The summed E-state index contributed by atoms with van der Waals surface area (Å²) >= 11 is 1.53. The van der Waals surface area contributed by atoms with Crippen molar-refractivity contribution in [1.29, 1.82) is 0 Å². The quantitative estimate of drug-likeness (QED) is 0.207. The molecule has 3 aromatic carbocycles. The number of rotatable bonds is 11. The molecule has 2 N–H and O–H groups in total. The molecule has 5 rings (SSSR count). The second-order valence-corrected chi connectivity index (χ2v) is 12.1. The highest BCUT2D eigenvalue weighted by Gasteiger charge is 2.10. The lowest BCUT2D eigenvalue weighted by Crippen LogP contribution is -2.22. The van der Waals surface area contributed by atoms with E-state index in [0.717, 1.165) is 38.4 Å². The van der Waals surface area contributed by atoms with E-state index in [4.69, 9.17) is 9.72 Å². The third-order valence-corrected chi connectivity index (χ3v) is 7.71. The van der Waals surface area contributed by atoms with Gasteiger partial charge in [0.1, 0.15) is 45.2 Å². The Hall–Kier alpha value is -3.93. The molecule has 11 heteroatoms. The van der Waals surface area contributed by atoms with Gasteiger partial charge in [0.05, 0.1) is 17.0 Å². The van der Waals surface area contributed by atoms with Crippen molar-refractivity contribution < 1.29 is 17.5 Å². The Morgan fingerprint density at radius 2 is 1.79 bits per heavy atom. The number of nitrogens with one attached hydrogen (secondary N) is 2. The van der Waals surface area contributed by atoms with E-state index >= 15 is 0 Å². The minimum absolute atomic E-state index is 0.0934. The number of ether oxygens (including phenoxy) is 1. The molecule has 0 amide bonds. The van der Waals surface area contributed by atoms with Gasteiger partial charge in [-0.3, -0.25) is 0 Å². The predicted octanol–water partition coefficient (Wildman–Crippen LogP) is 5.35. The lowest BCUT2D eigenvalue weighted by molar-refractivity contribution is 0.306. The number of halogens is 1. The van der Waals surface area contributed by atoms with Gasteiger partial charge in [0.2, 0.25) is 0 Å². The highest BCUT2D eigenvalue weighted by atomic mass is 32.2. The van der Waals surface area contributed by atoms with Crippen LogP contribution in [-0.4, -0.2) is 41.9 Å². The Balaban J connectivity index is 1.26. The lowest BCUT2D eigenvalue weighted by atomic mass is 10.1. The van der Waals surface area contributed by atoms with Crippen molar-refractivity contribution in [3.63, 3.8) is 0 Å². The highest BCUT2D eigenvalue weighted by Crippen LogP contribution is 2.30. The number of benzene rings is 3. The average Bonchev–Trinajstić information content (AvgIpc) is 3.40. The van der Waals surface area contributed by atoms with Gasteiger partial charge >= 0.3 is 0 Å². The molecular weight excluding hydrogens is 537 g/mol. The average molecular weight is 564 g/mol. The standard InChI is InChI=1S/C28H26FN5O3S2/c1-39(35,36)13-12-30-15-23-17-38-28(34-23)20-4-11-26-25(14-20)27(32-18-31-26)33-22-7-9-24(10-8-22)37-16-19-2-5-21(29)6-3-19/h2-11,14,17-18,30H,12-13,15-16H2,1H3,(H,31,32,33). The van der Waals surface area contributed by atoms with Crippen LogP contribution in [0.4, 0.5) is 15.9 Å². The summed E-state index contributed by atoms with van der Waals surface area (Å²) in [6, 6.07) is 19.7. The van der Waals surface area contributed by atoms with Crippen LogP contribution in [0.15, 0.2) is 78.4 Å². The number of nitrogens with zero attached hydrogens (tertiary/aromatic N) is 3. The molecule has 39 heavy (non-hydrogen) atoms. The monoisotopic (exact) mass is 563 g/mol.